The van der Waals surface area contributed by atoms with Gasteiger partial charge in [-0.05, 0) is 42.2 Å². The Bertz CT molecular complexity index is 815. The summed E-state index contributed by atoms with van der Waals surface area (Å²) in [7, 11) is -0.111. The summed E-state index contributed by atoms with van der Waals surface area (Å²) in [4.78, 5) is 29.2. The number of hydrogen-bond donors (Lipinski definition) is 4. The number of ether oxygens (including phenoxy) is 1. The smallest absolute Gasteiger partial charge is 0.475 e. The maximum atomic E-state index is 12.6. The first kappa shape index (κ1) is 23.4. The number of carbonyl (C=O) groups is 2. The van der Waals surface area contributed by atoms with Gasteiger partial charge in [-0.1, -0.05) is 26.0 Å². The number of aromatic nitrogens is 1. The molecule has 2 amide bonds. The summed E-state index contributed by atoms with van der Waals surface area (Å²) in [6.45, 7) is 3.85. The van der Waals surface area contributed by atoms with Crippen LogP contribution in [0.4, 0.5) is 0 Å². The van der Waals surface area contributed by atoms with Gasteiger partial charge in [0.05, 0.1) is 31.1 Å². The SMILES string of the molecule is COc1ccc(C(CC(=O)N[C@@H](CC(C)C)B(O)O)NC(=O)c2cccnc2)cc1. The first-order valence-corrected chi connectivity index (χ1v) is 9.80. The fourth-order valence-corrected chi connectivity index (χ4v) is 3.04. The van der Waals surface area contributed by atoms with E-state index in [0.29, 0.717) is 23.3 Å². The molecular formula is C21H28BN3O5. The normalized spacial score (nSPS) is 12.7. The van der Waals surface area contributed by atoms with Crippen LogP contribution in [-0.4, -0.2) is 47.0 Å². The van der Waals surface area contributed by atoms with Gasteiger partial charge in [0.25, 0.3) is 5.91 Å². The topological polar surface area (TPSA) is 121 Å². The zero-order chi connectivity index (χ0) is 22.1. The number of nitrogens with zero attached hydrogens (tertiary/aromatic N) is 1. The van der Waals surface area contributed by atoms with Crippen molar-refractivity contribution in [1.82, 2.24) is 15.6 Å². The minimum atomic E-state index is -1.67. The molecule has 30 heavy (non-hydrogen) atoms. The molecular weight excluding hydrogens is 385 g/mol. The van der Waals surface area contributed by atoms with Crippen LogP contribution in [0.1, 0.15) is 48.7 Å². The molecule has 1 unspecified atom stereocenters. The van der Waals surface area contributed by atoms with Crippen molar-refractivity contribution in [3.8, 4) is 5.75 Å². The molecule has 0 fully saturated rings. The van der Waals surface area contributed by atoms with Crippen LogP contribution in [-0.2, 0) is 4.79 Å². The Morgan fingerprint density at radius 2 is 1.83 bits per heavy atom. The van der Waals surface area contributed by atoms with Gasteiger partial charge in [0.2, 0.25) is 5.91 Å². The monoisotopic (exact) mass is 413 g/mol. The quantitative estimate of drug-likeness (QED) is 0.438. The number of methoxy groups -OCH3 is 1. The van der Waals surface area contributed by atoms with Crippen LogP contribution in [0, 0.1) is 5.92 Å². The van der Waals surface area contributed by atoms with E-state index in [9.17, 15) is 19.6 Å². The molecule has 0 radical (unpaired) electrons. The van der Waals surface area contributed by atoms with E-state index < -0.39 is 25.0 Å². The van der Waals surface area contributed by atoms with Crippen LogP contribution in [0.2, 0.25) is 0 Å². The highest BCUT2D eigenvalue weighted by Crippen LogP contribution is 2.21. The van der Waals surface area contributed by atoms with Crippen LogP contribution in [0.5, 0.6) is 5.75 Å². The second kappa shape index (κ2) is 11.3. The van der Waals surface area contributed by atoms with Crippen molar-refractivity contribution in [1.29, 1.82) is 0 Å². The molecule has 0 bridgehead atoms. The number of hydrogen-bond acceptors (Lipinski definition) is 6. The number of benzene rings is 1. The summed E-state index contributed by atoms with van der Waals surface area (Å²) in [6.07, 6.45) is 3.36. The summed E-state index contributed by atoms with van der Waals surface area (Å²) in [5.74, 6) is -0.734. The lowest BCUT2D eigenvalue weighted by molar-refractivity contribution is -0.122. The third kappa shape index (κ3) is 7.16. The van der Waals surface area contributed by atoms with Crippen molar-refractivity contribution < 1.29 is 24.4 Å². The van der Waals surface area contributed by atoms with Gasteiger partial charge in [-0.2, -0.15) is 0 Å². The summed E-state index contributed by atoms with van der Waals surface area (Å²) in [5.41, 5.74) is 1.09. The van der Waals surface area contributed by atoms with E-state index in [4.69, 9.17) is 4.74 Å². The van der Waals surface area contributed by atoms with Crippen molar-refractivity contribution in [2.24, 2.45) is 5.92 Å². The van der Waals surface area contributed by atoms with Gasteiger partial charge in [-0.25, -0.2) is 0 Å². The third-order valence-electron chi connectivity index (χ3n) is 4.57. The van der Waals surface area contributed by atoms with E-state index in [0.717, 1.165) is 0 Å². The molecule has 1 aromatic heterocycles. The Kier molecular flexibility index (Phi) is 8.82. The molecule has 0 aliphatic carbocycles. The van der Waals surface area contributed by atoms with Crippen LogP contribution < -0.4 is 15.4 Å². The molecule has 8 nitrogen and oxygen atoms in total. The number of pyridine rings is 1. The minimum Gasteiger partial charge on any atom is -0.497 e. The molecule has 0 aliphatic rings. The predicted molar refractivity (Wildman–Crippen MR) is 114 cm³/mol. The van der Waals surface area contributed by atoms with Crippen LogP contribution in [0.3, 0.4) is 0 Å². The van der Waals surface area contributed by atoms with Crippen LogP contribution in [0.15, 0.2) is 48.8 Å². The van der Waals surface area contributed by atoms with E-state index >= 15 is 0 Å². The molecule has 0 saturated heterocycles. The standard InChI is InChI=1S/C21H28BN3O5/c1-14(2)11-19(22(28)29)25-20(26)12-18(15-6-8-17(30-3)9-7-15)24-21(27)16-5-4-10-23-13-16/h4-10,13-14,18-19,28-29H,11-12H2,1-3H3,(H,24,27)(H,25,26)/t18?,19-/m0/s1. The molecule has 160 valence electrons. The first-order chi connectivity index (χ1) is 14.3. The maximum absolute atomic E-state index is 12.6. The van der Waals surface area contributed by atoms with E-state index in [1.54, 1.807) is 49.7 Å². The molecule has 1 heterocycles. The molecule has 2 atom stereocenters. The predicted octanol–water partition coefficient (Wildman–Crippen LogP) is 1.49. The lowest BCUT2D eigenvalue weighted by Crippen LogP contribution is -2.48. The summed E-state index contributed by atoms with van der Waals surface area (Å²) in [6, 6.07) is 9.70. The number of rotatable bonds is 10. The second-order valence-corrected chi connectivity index (χ2v) is 7.46. The molecule has 0 saturated carbocycles. The lowest BCUT2D eigenvalue weighted by atomic mass is 9.75. The van der Waals surface area contributed by atoms with Crippen molar-refractivity contribution in [3.63, 3.8) is 0 Å². The molecule has 2 rings (SSSR count). The van der Waals surface area contributed by atoms with Gasteiger partial charge in [-0.3, -0.25) is 14.6 Å². The molecule has 0 aliphatic heterocycles. The second-order valence-electron chi connectivity index (χ2n) is 7.46. The number of amides is 2. The van der Waals surface area contributed by atoms with Gasteiger partial charge in [-0.15, -0.1) is 0 Å². The summed E-state index contributed by atoms with van der Waals surface area (Å²) >= 11 is 0. The number of nitrogens with one attached hydrogen (secondary N) is 2. The van der Waals surface area contributed by atoms with Gasteiger partial charge in [0, 0.05) is 12.4 Å². The van der Waals surface area contributed by atoms with Crippen molar-refractivity contribution in [3.05, 3.63) is 59.9 Å². The highest BCUT2D eigenvalue weighted by atomic mass is 16.5. The number of carbonyl (C=O) groups excluding carboxylic acids is 2. The highest BCUT2D eigenvalue weighted by Gasteiger charge is 2.28. The van der Waals surface area contributed by atoms with E-state index in [1.807, 2.05) is 13.8 Å². The average molecular weight is 413 g/mol. The molecule has 9 heteroatoms. The fourth-order valence-electron chi connectivity index (χ4n) is 3.04. The van der Waals surface area contributed by atoms with Crippen molar-refractivity contribution >= 4 is 18.9 Å². The third-order valence-corrected chi connectivity index (χ3v) is 4.57. The van der Waals surface area contributed by atoms with Crippen LogP contribution in [0.25, 0.3) is 0 Å². The lowest BCUT2D eigenvalue weighted by Gasteiger charge is -2.23. The van der Waals surface area contributed by atoms with E-state index in [2.05, 4.69) is 15.6 Å². The van der Waals surface area contributed by atoms with E-state index in [-0.39, 0.29) is 18.2 Å². The van der Waals surface area contributed by atoms with Crippen molar-refractivity contribution in [2.45, 2.75) is 38.7 Å². The Morgan fingerprint density at radius 1 is 1.13 bits per heavy atom. The highest BCUT2D eigenvalue weighted by molar-refractivity contribution is 6.43. The summed E-state index contributed by atoms with van der Waals surface area (Å²) < 4.78 is 5.17. The van der Waals surface area contributed by atoms with Crippen molar-refractivity contribution in [2.75, 3.05) is 7.11 Å². The summed E-state index contributed by atoms with van der Waals surface area (Å²) in [5, 5.41) is 24.6. The Balaban J connectivity index is 2.17. The zero-order valence-electron chi connectivity index (χ0n) is 17.4. The Hall–Kier alpha value is -2.91. The van der Waals surface area contributed by atoms with Crippen LogP contribution >= 0.6 is 0 Å². The average Bonchev–Trinajstić information content (AvgIpc) is 2.73. The van der Waals surface area contributed by atoms with Gasteiger partial charge in [0.1, 0.15) is 5.75 Å². The fraction of sp³-hybridized carbons (Fsp3) is 0.381. The zero-order valence-corrected chi connectivity index (χ0v) is 17.4. The largest absolute Gasteiger partial charge is 0.497 e. The Morgan fingerprint density at radius 3 is 2.37 bits per heavy atom. The Labute approximate surface area is 176 Å². The first-order valence-electron chi connectivity index (χ1n) is 9.80. The molecule has 1 aromatic carbocycles. The van der Waals surface area contributed by atoms with E-state index in [1.165, 1.54) is 6.20 Å². The molecule has 4 N–H and O–H groups in total. The maximum Gasteiger partial charge on any atom is 0.475 e. The minimum absolute atomic E-state index is 0.0698. The van der Waals surface area contributed by atoms with Gasteiger partial charge >= 0.3 is 7.12 Å². The molecule has 0 spiro atoms. The molecule has 2 aromatic rings. The van der Waals surface area contributed by atoms with Gasteiger partial charge in [0.15, 0.2) is 0 Å². The van der Waals surface area contributed by atoms with Gasteiger partial charge < -0.3 is 25.4 Å².